The summed E-state index contributed by atoms with van der Waals surface area (Å²) in [6.07, 6.45) is 9.05. The van der Waals surface area contributed by atoms with Crippen LogP contribution in [0, 0.1) is 0 Å². The first kappa shape index (κ1) is 60.2. The lowest BCUT2D eigenvalue weighted by molar-refractivity contribution is 0.660. The van der Waals surface area contributed by atoms with Gasteiger partial charge in [0, 0.05) is 45.0 Å². The third kappa shape index (κ3) is 8.45. The third-order valence-electron chi connectivity index (χ3n) is 24.3. The van der Waals surface area contributed by atoms with Crippen LogP contribution in [0.15, 0.2) is 340 Å². The molecule has 0 saturated carbocycles. The van der Waals surface area contributed by atoms with Crippen LogP contribution in [0.4, 0.5) is 34.1 Å². The van der Waals surface area contributed by atoms with Crippen molar-refractivity contribution >= 4 is 58.4 Å². The van der Waals surface area contributed by atoms with Crippen molar-refractivity contribution in [3.05, 3.63) is 429 Å². The van der Waals surface area contributed by atoms with Crippen molar-refractivity contribution in [1.29, 1.82) is 0 Å². The Bertz CT molecular complexity index is 5670. The summed E-state index contributed by atoms with van der Waals surface area (Å²) in [5.74, 6) is 0. The third-order valence-corrected chi connectivity index (χ3v) is 24.3. The van der Waals surface area contributed by atoms with E-state index in [4.69, 9.17) is 0 Å². The first-order valence-electron chi connectivity index (χ1n) is 36.7. The van der Waals surface area contributed by atoms with Gasteiger partial charge in [-0.05, 0) is 229 Å². The normalized spacial score (nSPS) is 15.0. The first-order valence-corrected chi connectivity index (χ1v) is 36.7. The van der Waals surface area contributed by atoms with Crippen LogP contribution in [0.1, 0.15) is 117 Å². The van der Waals surface area contributed by atoms with Crippen molar-refractivity contribution in [2.75, 3.05) is 9.80 Å². The molecule has 2 spiro atoms. The lowest BCUT2D eigenvalue weighted by Crippen LogP contribution is -2.26. The van der Waals surface area contributed by atoms with Crippen molar-refractivity contribution in [2.45, 2.75) is 49.4 Å². The van der Waals surface area contributed by atoms with Crippen LogP contribution < -0.4 is 9.80 Å². The van der Waals surface area contributed by atoms with Gasteiger partial charge in [-0.25, -0.2) is 0 Å². The van der Waals surface area contributed by atoms with Crippen LogP contribution in [-0.2, 0) is 21.7 Å². The van der Waals surface area contributed by atoms with Gasteiger partial charge >= 0.3 is 0 Å². The molecule has 0 atom stereocenters. The van der Waals surface area contributed by atoms with E-state index in [1.54, 1.807) is 0 Å². The highest BCUT2D eigenvalue weighted by molar-refractivity contribution is 6.00. The van der Waals surface area contributed by atoms with Gasteiger partial charge in [-0.2, -0.15) is 0 Å². The number of nitrogens with zero attached hydrogens (tertiary/aromatic N) is 2. The van der Waals surface area contributed by atoms with E-state index in [-0.39, 0.29) is 10.8 Å². The standard InChI is InChI=1S/C102H72N2/c1-99(2)93-59-67(47-53-81(93)83-55-49-71(61-95(83)99)103(69-23-7-5-8-24-69)73-51-57-85-79-31-15-21-37-91(79)101(97(85)63-73)87-33-17-11-27-75(87)76-28-12-18-34-88(76)101)45-43-65-39-41-66(42-40-65)44-46-68-48-54-82-84-56-50-72(62-96(84)100(3,4)94(82)60-68)104(70-25-9-6-10-26-70)74-52-58-86-80-32-16-22-38-92(80)102(98(86)64-74)89-35-19-13-29-77(89)78-30-14-20-36-90(78)102/h5-64H,1-4H3. The monoisotopic (exact) mass is 1320 g/mol. The Balaban J connectivity index is 0.543. The molecule has 15 aromatic rings. The number of anilines is 6. The number of hydrogen-bond donors (Lipinski definition) is 0. The zero-order chi connectivity index (χ0) is 69.2. The Labute approximate surface area is 609 Å². The van der Waals surface area contributed by atoms with E-state index >= 15 is 0 Å². The van der Waals surface area contributed by atoms with Crippen LogP contribution in [0.3, 0.4) is 0 Å². The summed E-state index contributed by atoms with van der Waals surface area (Å²) in [6.45, 7) is 9.59. The first-order chi connectivity index (χ1) is 51.1. The minimum Gasteiger partial charge on any atom is -0.310 e. The minimum absolute atomic E-state index is 0.241. The molecular formula is C102H72N2. The summed E-state index contributed by atoms with van der Waals surface area (Å²) in [4.78, 5) is 4.94. The van der Waals surface area contributed by atoms with E-state index in [1.807, 2.05) is 0 Å². The van der Waals surface area contributed by atoms with Gasteiger partial charge in [0.15, 0.2) is 0 Å². The van der Waals surface area contributed by atoms with E-state index in [2.05, 4.69) is 402 Å². The van der Waals surface area contributed by atoms with E-state index in [9.17, 15) is 0 Å². The minimum atomic E-state index is -0.433. The smallest absolute Gasteiger partial charge is 0.0726 e. The summed E-state index contributed by atoms with van der Waals surface area (Å²) in [7, 11) is 0. The van der Waals surface area contributed by atoms with E-state index in [0.29, 0.717) is 0 Å². The van der Waals surface area contributed by atoms with Gasteiger partial charge in [0.05, 0.1) is 10.8 Å². The molecule has 0 bridgehead atoms. The topological polar surface area (TPSA) is 6.48 Å². The molecule has 490 valence electrons. The van der Waals surface area contributed by atoms with E-state index in [1.165, 1.54) is 145 Å². The van der Waals surface area contributed by atoms with Gasteiger partial charge in [0.25, 0.3) is 0 Å². The lowest BCUT2D eigenvalue weighted by Gasteiger charge is -2.32. The molecule has 104 heavy (non-hydrogen) atoms. The van der Waals surface area contributed by atoms with Crippen LogP contribution in [0.5, 0.6) is 0 Å². The summed E-state index contributed by atoms with van der Waals surface area (Å²) in [6, 6.07) is 128. The quantitative estimate of drug-likeness (QED) is 0.126. The summed E-state index contributed by atoms with van der Waals surface area (Å²) in [5.41, 5.74) is 42.0. The van der Waals surface area contributed by atoms with Gasteiger partial charge in [-0.15, -0.1) is 0 Å². The molecule has 6 aliphatic rings. The predicted molar refractivity (Wildman–Crippen MR) is 434 cm³/mol. The molecule has 0 N–H and O–H groups in total. The average molecular weight is 1330 g/mol. The molecule has 21 rings (SSSR count). The Morgan fingerprint density at radius 1 is 0.173 bits per heavy atom. The second-order valence-electron chi connectivity index (χ2n) is 30.2. The number of rotatable bonds is 10. The maximum absolute atomic E-state index is 2.50. The molecule has 0 heterocycles. The molecule has 0 saturated heterocycles. The molecule has 0 aliphatic heterocycles. The van der Waals surface area contributed by atoms with Crippen molar-refractivity contribution in [2.24, 2.45) is 0 Å². The summed E-state index contributed by atoms with van der Waals surface area (Å²) < 4.78 is 0. The largest absolute Gasteiger partial charge is 0.310 e. The number of benzene rings is 15. The summed E-state index contributed by atoms with van der Waals surface area (Å²) in [5, 5.41) is 0. The second-order valence-corrected chi connectivity index (χ2v) is 30.2. The highest BCUT2D eigenvalue weighted by Gasteiger charge is 2.54. The fourth-order valence-electron chi connectivity index (χ4n) is 19.6. The molecule has 0 aromatic heterocycles. The predicted octanol–water partition coefficient (Wildman–Crippen LogP) is 26.3. The van der Waals surface area contributed by atoms with E-state index < -0.39 is 10.8 Å². The van der Waals surface area contributed by atoms with Crippen molar-refractivity contribution in [1.82, 2.24) is 0 Å². The van der Waals surface area contributed by atoms with Crippen LogP contribution in [-0.4, -0.2) is 0 Å². The molecule has 6 aliphatic carbocycles. The molecular weight excluding hydrogens is 1250 g/mol. The fraction of sp³-hybridized carbons (Fsp3) is 0.0784. The second kappa shape index (κ2) is 22.4. The van der Waals surface area contributed by atoms with Crippen LogP contribution >= 0.6 is 0 Å². The Hall–Kier alpha value is -12.6. The number of fused-ring (bicyclic) bond motifs is 26. The molecule has 15 aromatic carbocycles. The van der Waals surface area contributed by atoms with Crippen molar-refractivity contribution < 1.29 is 0 Å². The molecule has 0 unspecified atom stereocenters. The molecule has 0 fully saturated rings. The van der Waals surface area contributed by atoms with Crippen molar-refractivity contribution in [3.8, 4) is 66.8 Å². The van der Waals surface area contributed by atoms with E-state index in [0.717, 1.165) is 45.3 Å². The molecule has 0 amide bonds. The summed E-state index contributed by atoms with van der Waals surface area (Å²) >= 11 is 0. The van der Waals surface area contributed by atoms with Gasteiger partial charge in [0.1, 0.15) is 0 Å². The van der Waals surface area contributed by atoms with Crippen LogP contribution in [0.2, 0.25) is 0 Å². The lowest BCUT2D eigenvalue weighted by atomic mass is 9.70. The number of para-hydroxylation sites is 2. The Morgan fingerprint density at radius 3 is 0.683 bits per heavy atom. The molecule has 0 radical (unpaired) electrons. The number of hydrogen-bond acceptors (Lipinski definition) is 2. The van der Waals surface area contributed by atoms with Gasteiger partial charge in [-0.1, -0.05) is 319 Å². The Kier molecular flexibility index (Phi) is 13.0. The SMILES string of the molecule is CC1(C)c2cc(C=Cc3ccc(C=Cc4ccc5c(c4)C(C)(C)c4cc(N(c6ccccc6)c6ccc7c(c6)C6(c8ccccc8-c8ccccc86)c6ccccc6-7)ccc4-5)cc3)ccc2-c2ccc(N(c3ccccc3)c3ccc4c(c3)C3(c5ccccc5-c5ccccc53)c3ccccc3-4)cc21. The van der Waals surface area contributed by atoms with Crippen LogP contribution in [0.25, 0.3) is 91.1 Å². The fourth-order valence-corrected chi connectivity index (χ4v) is 19.6. The maximum Gasteiger partial charge on any atom is 0.0726 e. The zero-order valence-corrected chi connectivity index (χ0v) is 58.5. The Morgan fingerprint density at radius 2 is 0.385 bits per heavy atom. The van der Waals surface area contributed by atoms with Gasteiger partial charge in [0.2, 0.25) is 0 Å². The molecule has 2 heteroatoms. The highest BCUT2D eigenvalue weighted by atomic mass is 15.1. The van der Waals surface area contributed by atoms with Gasteiger partial charge < -0.3 is 9.80 Å². The van der Waals surface area contributed by atoms with Gasteiger partial charge in [-0.3, -0.25) is 0 Å². The highest BCUT2D eigenvalue weighted by Crippen LogP contribution is 2.66. The average Bonchev–Trinajstić information content (AvgIpc) is 1.51. The van der Waals surface area contributed by atoms with Crippen molar-refractivity contribution in [3.63, 3.8) is 0 Å². The molecule has 2 nitrogen and oxygen atoms in total. The zero-order valence-electron chi connectivity index (χ0n) is 58.5. The maximum atomic E-state index is 2.50.